The van der Waals surface area contributed by atoms with Crippen molar-refractivity contribution in [3.63, 3.8) is 0 Å². The maximum atomic E-state index is 11.7. The van der Waals surface area contributed by atoms with Crippen molar-refractivity contribution in [2.45, 2.75) is 13.8 Å². The molecule has 0 amide bonds. The van der Waals surface area contributed by atoms with E-state index in [4.69, 9.17) is 4.74 Å². The number of Topliss-reactive ketones (excluding diaryl/α,β-unsaturated/α-hetero) is 1. The summed E-state index contributed by atoms with van der Waals surface area (Å²) >= 11 is 1.52. The fraction of sp³-hybridized carbons (Fsp3) is 0.429. The van der Waals surface area contributed by atoms with Crippen LogP contribution in [0.1, 0.15) is 13.8 Å². The van der Waals surface area contributed by atoms with Crippen molar-refractivity contribution in [2.75, 3.05) is 26.1 Å². The van der Waals surface area contributed by atoms with Gasteiger partial charge >= 0.3 is 5.97 Å². The first-order valence-electron chi connectivity index (χ1n) is 5.93. The average Bonchev–Trinajstić information content (AvgIpc) is 2.39. The van der Waals surface area contributed by atoms with Crippen LogP contribution >= 0.6 is 11.8 Å². The average molecular weight is 284 g/mol. The van der Waals surface area contributed by atoms with Crippen molar-refractivity contribution in [3.8, 4) is 0 Å². The number of ether oxygens (including phenoxy) is 2. The predicted molar refractivity (Wildman–Crippen MR) is 78.0 cm³/mol. The highest BCUT2D eigenvalue weighted by Gasteiger charge is 2.17. The van der Waals surface area contributed by atoms with Crippen LogP contribution in [0.25, 0.3) is 0 Å². The van der Waals surface area contributed by atoms with E-state index in [2.05, 4.69) is 11.3 Å². The minimum absolute atomic E-state index is 0.185. The Balaban J connectivity index is 4.44. The highest BCUT2D eigenvalue weighted by Crippen LogP contribution is 2.15. The summed E-state index contributed by atoms with van der Waals surface area (Å²) in [6, 6.07) is 0. The third-order valence-electron chi connectivity index (χ3n) is 2.06. The lowest BCUT2D eigenvalue weighted by atomic mass is 10.1. The second-order valence-corrected chi connectivity index (χ2v) is 4.66. The summed E-state index contributed by atoms with van der Waals surface area (Å²) in [4.78, 5) is 23.8. The summed E-state index contributed by atoms with van der Waals surface area (Å²) in [5.41, 5.74) is 0.298. The highest BCUT2D eigenvalue weighted by molar-refractivity contribution is 8.03. The maximum Gasteiger partial charge on any atom is 0.379 e. The Morgan fingerprint density at radius 3 is 2.53 bits per heavy atom. The first-order chi connectivity index (χ1) is 9.06. The quantitative estimate of drug-likeness (QED) is 0.214. The summed E-state index contributed by atoms with van der Waals surface area (Å²) < 4.78 is 9.59. The molecule has 106 valence electrons. The molecule has 0 atom stereocenters. The van der Waals surface area contributed by atoms with Crippen LogP contribution in [0.2, 0.25) is 0 Å². The first kappa shape index (κ1) is 17.7. The van der Waals surface area contributed by atoms with Crippen molar-refractivity contribution in [3.05, 3.63) is 35.3 Å². The fourth-order valence-electron chi connectivity index (χ4n) is 1.10. The van der Waals surface area contributed by atoms with Crippen LogP contribution in [0.3, 0.4) is 0 Å². The third-order valence-corrected chi connectivity index (χ3v) is 2.94. The zero-order chi connectivity index (χ0) is 14.7. The summed E-state index contributed by atoms with van der Waals surface area (Å²) in [5, 5.41) is 0. The molecule has 19 heavy (non-hydrogen) atoms. The Morgan fingerprint density at radius 2 is 2.00 bits per heavy atom. The molecular weight excluding hydrogens is 264 g/mol. The third kappa shape index (κ3) is 7.64. The summed E-state index contributed by atoms with van der Waals surface area (Å²) in [5.74, 6) is -0.690. The van der Waals surface area contributed by atoms with Gasteiger partial charge in [-0.25, -0.2) is 4.79 Å². The van der Waals surface area contributed by atoms with Crippen LogP contribution in [0, 0.1) is 0 Å². The summed E-state index contributed by atoms with van der Waals surface area (Å²) in [7, 11) is 1.63. The fourth-order valence-corrected chi connectivity index (χ4v) is 1.78. The molecule has 5 heteroatoms. The molecule has 0 saturated heterocycles. The lowest BCUT2D eigenvalue weighted by Gasteiger charge is -2.02. The maximum absolute atomic E-state index is 11.7. The largest absolute Gasteiger partial charge is 0.460 e. The van der Waals surface area contributed by atoms with Gasteiger partial charge in [0.15, 0.2) is 0 Å². The Morgan fingerprint density at radius 1 is 1.32 bits per heavy atom. The van der Waals surface area contributed by atoms with Crippen LogP contribution in [0.5, 0.6) is 0 Å². The normalized spacial score (nSPS) is 11.6. The zero-order valence-corrected chi connectivity index (χ0v) is 12.4. The number of thioether (sulfide) groups is 1. The minimum Gasteiger partial charge on any atom is -0.460 e. The van der Waals surface area contributed by atoms with Gasteiger partial charge < -0.3 is 9.47 Å². The Kier molecular flexibility index (Phi) is 9.84. The molecule has 0 fully saturated rings. The molecule has 0 spiro atoms. The molecule has 0 rings (SSSR count). The molecule has 0 aliphatic rings. The van der Waals surface area contributed by atoms with E-state index in [1.165, 1.54) is 11.8 Å². The van der Waals surface area contributed by atoms with Gasteiger partial charge in [0, 0.05) is 23.3 Å². The monoisotopic (exact) mass is 284 g/mol. The van der Waals surface area contributed by atoms with Gasteiger partial charge in [-0.1, -0.05) is 18.7 Å². The van der Waals surface area contributed by atoms with Crippen molar-refractivity contribution in [1.82, 2.24) is 0 Å². The Hall–Kier alpha value is -1.33. The van der Waals surface area contributed by atoms with E-state index in [1.54, 1.807) is 39.2 Å². The molecule has 0 aromatic carbocycles. The lowest BCUT2D eigenvalue weighted by Crippen LogP contribution is -2.18. The second kappa shape index (κ2) is 10.6. The molecule has 0 heterocycles. The van der Waals surface area contributed by atoms with E-state index >= 15 is 0 Å². The molecule has 0 N–H and O–H groups in total. The van der Waals surface area contributed by atoms with E-state index in [9.17, 15) is 9.59 Å². The number of ketones is 1. The topological polar surface area (TPSA) is 52.6 Å². The molecule has 0 aromatic heterocycles. The molecule has 0 aromatic rings. The minimum atomic E-state index is -0.835. The lowest BCUT2D eigenvalue weighted by molar-refractivity contribution is -0.151. The van der Waals surface area contributed by atoms with E-state index in [0.717, 1.165) is 10.7 Å². The molecule has 0 unspecified atom stereocenters. The number of hydrogen-bond donors (Lipinski definition) is 0. The Labute approximate surface area is 118 Å². The van der Waals surface area contributed by atoms with Crippen molar-refractivity contribution in [2.24, 2.45) is 0 Å². The van der Waals surface area contributed by atoms with Gasteiger partial charge in [0.1, 0.15) is 0 Å². The standard InChI is InChI=1S/C14H20O4S/c1-5-12(13(15)14(16)18-6-2)8-7-11(3)19-10-9-17-4/h5,7-8H,3,6,9-10H2,1-2,4H3/b8-7-,12-5+. The van der Waals surface area contributed by atoms with Crippen molar-refractivity contribution >= 4 is 23.5 Å². The highest BCUT2D eigenvalue weighted by atomic mass is 32.2. The molecule has 0 aliphatic carbocycles. The van der Waals surface area contributed by atoms with Crippen LogP contribution in [-0.2, 0) is 19.1 Å². The van der Waals surface area contributed by atoms with E-state index in [-0.39, 0.29) is 6.61 Å². The van der Waals surface area contributed by atoms with Gasteiger partial charge in [-0.2, -0.15) is 0 Å². The van der Waals surface area contributed by atoms with E-state index in [0.29, 0.717) is 12.2 Å². The van der Waals surface area contributed by atoms with Crippen molar-refractivity contribution < 1.29 is 19.1 Å². The molecule has 0 bridgehead atoms. The van der Waals surface area contributed by atoms with Crippen LogP contribution in [-0.4, -0.2) is 37.8 Å². The van der Waals surface area contributed by atoms with Gasteiger partial charge in [0.25, 0.3) is 5.78 Å². The summed E-state index contributed by atoms with van der Waals surface area (Å²) in [6.45, 7) is 8.01. The summed E-state index contributed by atoms with van der Waals surface area (Å²) in [6.07, 6.45) is 4.84. The Bertz CT molecular complexity index is 383. The molecule has 0 saturated carbocycles. The first-order valence-corrected chi connectivity index (χ1v) is 6.91. The zero-order valence-electron chi connectivity index (χ0n) is 11.6. The van der Waals surface area contributed by atoms with Crippen molar-refractivity contribution in [1.29, 1.82) is 0 Å². The van der Waals surface area contributed by atoms with E-state index < -0.39 is 11.8 Å². The number of rotatable bonds is 9. The van der Waals surface area contributed by atoms with Gasteiger partial charge in [0.05, 0.1) is 13.2 Å². The number of methoxy groups -OCH3 is 1. The number of esters is 1. The van der Waals surface area contributed by atoms with Crippen LogP contribution < -0.4 is 0 Å². The SMILES string of the molecule is C=C(/C=C\C(=C/C)C(=O)C(=O)OCC)SCCOC. The van der Waals surface area contributed by atoms with Crippen LogP contribution in [0.4, 0.5) is 0 Å². The number of hydrogen-bond acceptors (Lipinski definition) is 5. The molecule has 0 radical (unpaired) electrons. The van der Waals surface area contributed by atoms with E-state index in [1.807, 2.05) is 0 Å². The second-order valence-electron chi connectivity index (χ2n) is 3.43. The molecule has 0 aliphatic heterocycles. The number of allylic oxidation sites excluding steroid dienone is 3. The number of carbonyl (C=O) groups is 2. The molecular formula is C14H20O4S. The number of carbonyl (C=O) groups excluding carboxylic acids is 2. The van der Waals surface area contributed by atoms with Crippen LogP contribution in [0.15, 0.2) is 35.3 Å². The van der Waals surface area contributed by atoms with Gasteiger partial charge in [-0.15, -0.1) is 11.8 Å². The van der Waals surface area contributed by atoms with Gasteiger partial charge in [-0.05, 0) is 19.9 Å². The molecule has 4 nitrogen and oxygen atoms in total. The van der Waals surface area contributed by atoms with Gasteiger partial charge in [-0.3, -0.25) is 4.79 Å². The predicted octanol–water partition coefficient (Wildman–Crippen LogP) is 2.51. The van der Waals surface area contributed by atoms with Gasteiger partial charge in [0.2, 0.25) is 0 Å². The smallest absolute Gasteiger partial charge is 0.379 e.